The molecule has 0 bridgehead atoms. The average Bonchev–Trinajstić information content (AvgIpc) is 2.74. The van der Waals surface area contributed by atoms with E-state index in [1.807, 2.05) is 7.05 Å². The van der Waals surface area contributed by atoms with Gasteiger partial charge >= 0.3 is 0 Å². The molecule has 1 N–H and O–H groups in total. The Morgan fingerprint density at radius 3 is 3.29 bits per heavy atom. The van der Waals surface area contributed by atoms with Crippen LogP contribution in [0.25, 0.3) is 0 Å². The number of aliphatic imine (C=N–C) groups is 1. The van der Waals surface area contributed by atoms with Gasteiger partial charge < -0.3 is 5.32 Å². The van der Waals surface area contributed by atoms with Crippen molar-refractivity contribution in [1.82, 2.24) is 5.32 Å². The number of allylic oxidation sites excluding steroid dienone is 1. The van der Waals surface area contributed by atoms with Crippen LogP contribution in [0.2, 0.25) is 6.32 Å². The number of nitrogens with one attached hydrogen (secondary N) is 1. The Kier molecular flexibility index (Phi) is 5.01. The van der Waals surface area contributed by atoms with Crippen LogP contribution in [0.4, 0.5) is 0 Å². The standard InChI is InChI=1S/C13H18BN2S/c1-15-11(12-6-5-9-17-12)10-16-13-7-3-2-4-8-14-13/h2-3,5-6,9,13,16H,4,7-8,10H2,1H3. The molecule has 1 radical (unpaired) electrons. The first kappa shape index (κ1) is 12.6. The zero-order valence-corrected chi connectivity index (χ0v) is 11.0. The first-order valence-corrected chi connectivity index (χ1v) is 6.99. The summed E-state index contributed by atoms with van der Waals surface area (Å²) in [5.41, 5.74) is 1.15. The third kappa shape index (κ3) is 3.82. The number of rotatable bonds is 4. The van der Waals surface area contributed by atoms with E-state index in [0.717, 1.165) is 18.7 Å². The van der Waals surface area contributed by atoms with Gasteiger partial charge in [0.1, 0.15) is 7.28 Å². The average molecular weight is 245 g/mol. The Morgan fingerprint density at radius 1 is 1.59 bits per heavy atom. The van der Waals surface area contributed by atoms with Crippen LogP contribution in [-0.4, -0.2) is 32.5 Å². The molecule has 2 heterocycles. The molecule has 1 unspecified atom stereocenters. The first-order valence-electron chi connectivity index (χ1n) is 6.11. The monoisotopic (exact) mass is 245 g/mol. The summed E-state index contributed by atoms with van der Waals surface area (Å²) in [5.74, 6) is 0.491. The minimum atomic E-state index is 0.491. The minimum absolute atomic E-state index is 0.491. The Hall–Kier alpha value is -0.865. The predicted octanol–water partition coefficient (Wildman–Crippen LogP) is 2.56. The van der Waals surface area contributed by atoms with E-state index >= 15 is 0 Å². The van der Waals surface area contributed by atoms with Gasteiger partial charge in [0.05, 0.1) is 5.71 Å². The fraction of sp³-hybridized carbons (Fsp3) is 0.462. The van der Waals surface area contributed by atoms with Gasteiger partial charge in [0, 0.05) is 18.5 Å². The van der Waals surface area contributed by atoms with Crippen LogP contribution in [0.1, 0.15) is 17.7 Å². The Balaban J connectivity index is 1.86. The number of thiophene rings is 1. The molecule has 4 heteroatoms. The van der Waals surface area contributed by atoms with Gasteiger partial charge in [-0.15, -0.1) is 11.3 Å². The van der Waals surface area contributed by atoms with Gasteiger partial charge in [-0.3, -0.25) is 4.99 Å². The maximum Gasteiger partial charge on any atom is 0.133 e. The minimum Gasteiger partial charge on any atom is -0.316 e. The molecule has 2 nitrogen and oxygen atoms in total. The Bertz CT molecular complexity index is 384. The molecule has 0 aliphatic carbocycles. The third-order valence-corrected chi connectivity index (χ3v) is 3.87. The lowest BCUT2D eigenvalue weighted by Crippen LogP contribution is -2.37. The van der Waals surface area contributed by atoms with Crippen LogP contribution >= 0.6 is 11.3 Å². The van der Waals surface area contributed by atoms with Crippen molar-refractivity contribution >= 4 is 24.3 Å². The van der Waals surface area contributed by atoms with Gasteiger partial charge in [0.25, 0.3) is 0 Å². The summed E-state index contributed by atoms with van der Waals surface area (Å²) >= 11 is 1.75. The van der Waals surface area contributed by atoms with E-state index in [2.05, 4.69) is 47.3 Å². The van der Waals surface area contributed by atoms with Crippen molar-refractivity contribution < 1.29 is 0 Å². The molecular formula is C13H18BN2S. The zero-order chi connectivity index (χ0) is 11.9. The Morgan fingerprint density at radius 2 is 2.53 bits per heavy atom. The van der Waals surface area contributed by atoms with Gasteiger partial charge in [-0.25, -0.2) is 0 Å². The van der Waals surface area contributed by atoms with Gasteiger partial charge in [0.15, 0.2) is 0 Å². The normalized spacial score (nSPS) is 21.0. The topological polar surface area (TPSA) is 24.4 Å². The lowest BCUT2D eigenvalue weighted by Gasteiger charge is -2.15. The molecule has 0 aromatic carbocycles. The molecule has 0 amide bonds. The van der Waals surface area contributed by atoms with Crippen LogP contribution in [-0.2, 0) is 0 Å². The van der Waals surface area contributed by atoms with Gasteiger partial charge in [0.2, 0.25) is 0 Å². The van der Waals surface area contributed by atoms with Crippen LogP contribution in [0, 0.1) is 0 Å². The maximum absolute atomic E-state index is 4.37. The van der Waals surface area contributed by atoms with E-state index in [0.29, 0.717) is 5.94 Å². The summed E-state index contributed by atoms with van der Waals surface area (Å²) in [6, 6.07) is 4.21. The van der Waals surface area contributed by atoms with Crippen LogP contribution in [0.15, 0.2) is 34.7 Å². The highest BCUT2D eigenvalue weighted by Crippen LogP contribution is 2.10. The van der Waals surface area contributed by atoms with E-state index in [1.54, 1.807) is 11.3 Å². The largest absolute Gasteiger partial charge is 0.316 e. The second kappa shape index (κ2) is 6.77. The van der Waals surface area contributed by atoms with Gasteiger partial charge in [-0.2, -0.15) is 0 Å². The van der Waals surface area contributed by atoms with Crippen molar-refractivity contribution in [2.45, 2.75) is 25.1 Å². The summed E-state index contributed by atoms with van der Waals surface area (Å²) in [5, 5.41) is 5.67. The number of hydrogen-bond acceptors (Lipinski definition) is 3. The summed E-state index contributed by atoms with van der Waals surface area (Å²) in [7, 11) is 4.25. The highest BCUT2D eigenvalue weighted by atomic mass is 32.1. The number of nitrogens with zero attached hydrogens (tertiary/aromatic N) is 1. The highest BCUT2D eigenvalue weighted by Gasteiger charge is 2.11. The molecule has 0 saturated heterocycles. The molecule has 17 heavy (non-hydrogen) atoms. The van der Waals surface area contributed by atoms with Crippen molar-refractivity contribution in [2.75, 3.05) is 13.6 Å². The molecule has 1 aromatic heterocycles. The molecule has 89 valence electrons. The summed E-state index contributed by atoms with van der Waals surface area (Å²) in [6.07, 6.45) is 7.99. The quantitative estimate of drug-likeness (QED) is 0.492. The second-order valence-corrected chi connectivity index (χ2v) is 5.10. The van der Waals surface area contributed by atoms with Crippen molar-refractivity contribution in [3.05, 3.63) is 34.5 Å². The fourth-order valence-electron chi connectivity index (χ4n) is 1.96. The molecule has 0 saturated carbocycles. The smallest absolute Gasteiger partial charge is 0.133 e. The van der Waals surface area contributed by atoms with E-state index in [9.17, 15) is 0 Å². The number of hydrogen-bond donors (Lipinski definition) is 1. The molecule has 1 aromatic rings. The van der Waals surface area contributed by atoms with Crippen molar-refractivity contribution in [2.24, 2.45) is 4.99 Å². The molecule has 2 rings (SSSR count). The SMILES string of the molecule is CN=C(CNC1[B]CCC=CC1)c1cccs1. The molecule has 0 fully saturated rings. The van der Waals surface area contributed by atoms with Crippen LogP contribution < -0.4 is 5.32 Å². The lowest BCUT2D eigenvalue weighted by molar-refractivity contribution is 0.702. The molecule has 0 spiro atoms. The van der Waals surface area contributed by atoms with E-state index < -0.39 is 0 Å². The summed E-state index contributed by atoms with van der Waals surface area (Å²) < 4.78 is 0. The highest BCUT2D eigenvalue weighted by molar-refractivity contribution is 7.12. The van der Waals surface area contributed by atoms with Gasteiger partial charge in [-0.1, -0.05) is 24.5 Å². The van der Waals surface area contributed by atoms with Crippen molar-refractivity contribution in [3.63, 3.8) is 0 Å². The lowest BCUT2D eigenvalue weighted by atomic mass is 9.65. The van der Waals surface area contributed by atoms with Gasteiger partial charge in [-0.05, 0) is 30.2 Å². The first-order chi connectivity index (χ1) is 8.40. The maximum atomic E-state index is 4.37. The molecule has 1 atom stereocenters. The zero-order valence-electron chi connectivity index (χ0n) is 10.2. The van der Waals surface area contributed by atoms with Crippen LogP contribution in [0.5, 0.6) is 0 Å². The molecule has 1 aliphatic rings. The second-order valence-electron chi connectivity index (χ2n) is 4.16. The summed E-state index contributed by atoms with van der Waals surface area (Å²) in [6.45, 7) is 0.853. The van der Waals surface area contributed by atoms with Crippen molar-refractivity contribution in [3.8, 4) is 0 Å². The van der Waals surface area contributed by atoms with Crippen LogP contribution in [0.3, 0.4) is 0 Å². The summed E-state index contributed by atoms with van der Waals surface area (Å²) in [4.78, 5) is 5.64. The predicted molar refractivity (Wildman–Crippen MR) is 77.5 cm³/mol. The van der Waals surface area contributed by atoms with E-state index in [1.165, 1.54) is 17.6 Å². The van der Waals surface area contributed by atoms with E-state index in [-0.39, 0.29) is 0 Å². The fourth-order valence-corrected chi connectivity index (χ4v) is 2.72. The van der Waals surface area contributed by atoms with Crippen molar-refractivity contribution in [1.29, 1.82) is 0 Å². The molecular weight excluding hydrogens is 227 g/mol. The molecule has 1 aliphatic heterocycles. The Labute approximate surface area is 108 Å². The third-order valence-electron chi connectivity index (χ3n) is 2.95. The van der Waals surface area contributed by atoms with E-state index in [4.69, 9.17) is 0 Å².